The van der Waals surface area contributed by atoms with E-state index in [4.69, 9.17) is 4.42 Å². The fraction of sp³-hybridized carbons (Fsp3) is 0.304. The summed E-state index contributed by atoms with van der Waals surface area (Å²) in [7, 11) is 0. The van der Waals surface area contributed by atoms with Crippen LogP contribution in [-0.4, -0.2) is 17.4 Å². The Kier molecular flexibility index (Phi) is 4.53. The van der Waals surface area contributed by atoms with Crippen molar-refractivity contribution < 1.29 is 13.6 Å². The van der Waals surface area contributed by atoms with Crippen LogP contribution in [0.2, 0.25) is 0 Å². The Morgan fingerprint density at radius 2 is 1.89 bits per heavy atom. The molecule has 1 aliphatic heterocycles. The van der Waals surface area contributed by atoms with Crippen molar-refractivity contribution in [3.05, 3.63) is 80.5 Å². The van der Waals surface area contributed by atoms with E-state index in [2.05, 4.69) is 0 Å². The zero-order chi connectivity index (χ0) is 20.0. The monoisotopic (exact) mass is 379 g/mol. The van der Waals surface area contributed by atoms with Crippen LogP contribution in [0, 0.1) is 19.7 Å². The molecule has 4 nitrogen and oxygen atoms in total. The van der Waals surface area contributed by atoms with Crippen molar-refractivity contribution in [2.24, 2.45) is 0 Å². The normalized spacial score (nSPS) is 16.1. The van der Waals surface area contributed by atoms with Crippen molar-refractivity contribution in [1.29, 1.82) is 0 Å². The van der Waals surface area contributed by atoms with Gasteiger partial charge in [0.1, 0.15) is 11.4 Å². The molecule has 0 bridgehead atoms. The summed E-state index contributed by atoms with van der Waals surface area (Å²) < 4.78 is 20.6. The first-order valence-electron chi connectivity index (χ1n) is 9.57. The van der Waals surface area contributed by atoms with Crippen LogP contribution < -0.4 is 5.43 Å². The van der Waals surface area contributed by atoms with Gasteiger partial charge < -0.3 is 9.32 Å². The minimum Gasteiger partial charge on any atom is -0.450 e. The summed E-state index contributed by atoms with van der Waals surface area (Å²) in [6.45, 7) is 6.22. The summed E-state index contributed by atoms with van der Waals surface area (Å²) in [5.74, 6) is -0.753. The molecule has 5 heteroatoms. The Hall–Kier alpha value is -2.95. The van der Waals surface area contributed by atoms with Gasteiger partial charge in [-0.2, -0.15) is 0 Å². The summed E-state index contributed by atoms with van der Waals surface area (Å²) in [6, 6.07) is 9.22. The zero-order valence-corrected chi connectivity index (χ0v) is 16.2. The molecular weight excluding hydrogens is 357 g/mol. The van der Waals surface area contributed by atoms with Crippen LogP contribution in [0.1, 0.15) is 58.6 Å². The minimum absolute atomic E-state index is 0.0341. The van der Waals surface area contributed by atoms with Gasteiger partial charge in [-0.1, -0.05) is 37.6 Å². The van der Waals surface area contributed by atoms with Crippen LogP contribution in [0.15, 0.2) is 45.6 Å². The molecule has 0 spiro atoms. The van der Waals surface area contributed by atoms with Gasteiger partial charge in [0.25, 0.3) is 5.91 Å². The number of carbonyl (C=O) groups is 1. The zero-order valence-electron chi connectivity index (χ0n) is 16.2. The molecule has 1 amide bonds. The van der Waals surface area contributed by atoms with Crippen LogP contribution in [0.5, 0.6) is 0 Å². The predicted octanol–water partition coefficient (Wildman–Crippen LogP) is 4.89. The number of fused-ring (bicyclic) bond motifs is 2. The maximum Gasteiger partial charge on any atom is 0.290 e. The van der Waals surface area contributed by atoms with Gasteiger partial charge in [0.2, 0.25) is 5.76 Å². The van der Waals surface area contributed by atoms with E-state index < -0.39 is 11.9 Å². The highest BCUT2D eigenvalue weighted by atomic mass is 19.1. The van der Waals surface area contributed by atoms with Crippen LogP contribution in [0.25, 0.3) is 11.0 Å². The first-order valence-corrected chi connectivity index (χ1v) is 9.57. The number of aryl methyl sites for hydroxylation is 2. The highest BCUT2D eigenvalue weighted by molar-refractivity contribution is 5.99. The van der Waals surface area contributed by atoms with Crippen molar-refractivity contribution in [3.63, 3.8) is 0 Å². The second-order valence-electron chi connectivity index (χ2n) is 7.41. The number of carbonyl (C=O) groups excluding carboxylic acids is 1. The molecule has 3 aromatic rings. The first kappa shape index (κ1) is 18.4. The summed E-state index contributed by atoms with van der Waals surface area (Å²) in [5.41, 5.74) is 2.45. The molecule has 0 fully saturated rings. The van der Waals surface area contributed by atoms with E-state index >= 15 is 0 Å². The topological polar surface area (TPSA) is 50.5 Å². The van der Waals surface area contributed by atoms with Crippen LogP contribution in [0.3, 0.4) is 0 Å². The molecule has 2 aromatic carbocycles. The molecule has 4 rings (SSSR count). The van der Waals surface area contributed by atoms with Crippen molar-refractivity contribution >= 4 is 16.9 Å². The average Bonchev–Trinajstić information content (AvgIpc) is 2.92. The molecule has 1 aromatic heterocycles. The average molecular weight is 379 g/mol. The number of benzene rings is 2. The SMILES string of the molecule is CCCCN1C(=O)c2oc3cc(C)cc(C)c3c(=O)c2C1c1ccccc1F. The van der Waals surface area contributed by atoms with Gasteiger partial charge in [-0.15, -0.1) is 0 Å². The second kappa shape index (κ2) is 6.89. The third kappa shape index (κ3) is 2.73. The quantitative estimate of drug-likeness (QED) is 0.648. The molecule has 144 valence electrons. The number of rotatable bonds is 4. The molecule has 0 aliphatic carbocycles. The summed E-state index contributed by atoms with van der Waals surface area (Å²) in [4.78, 5) is 28.2. The molecule has 28 heavy (non-hydrogen) atoms. The van der Waals surface area contributed by atoms with Gasteiger partial charge in [-0.05, 0) is 43.5 Å². The lowest BCUT2D eigenvalue weighted by Gasteiger charge is -2.25. The van der Waals surface area contributed by atoms with E-state index in [1.807, 2.05) is 26.8 Å². The number of amides is 1. The lowest BCUT2D eigenvalue weighted by Crippen LogP contribution is -2.31. The van der Waals surface area contributed by atoms with Crippen molar-refractivity contribution in [2.75, 3.05) is 6.54 Å². The van der Waals surface area contributed by atoms with E-state index in [-0.39, 0.29) is 22.7 Å². The fourth-order valence-electron chi connectivity index (χ4n) is 4.09. The maximum atomic E-state index is 14.7. The molecular formula is C23H22FNO3. The third-order valence-electron chi connectivity index (χ3n) is 5.36. The third-order valence-corrected chi connectivity index (χ3v) is 5.36. The number of nitrogens with zero attached hydrogens (tertiary/aromatic N) is 1. The molecule has 1 aliphatic rings. The summed E-state index contributed by atoms with van der Waals surface area (Å²) in [6.07, 6.45) is 1.64. The van der Waals surface area contributed by atoms with E-state index in [0.29, 0.717) is 23.1 Å². The van der Waals surface area contributed by atoms with E-state index in [9.17, 15) is 14.0 Å². The van der Waals surface area contributed by atoms with Crippen molar-refractivity contribution in [2.45, 2.75) is 39.7 Å². The van der Waals surface area contributed by atoms with Gasteiger partial charge in [-0.3, -0.25) is 9.59 Å². The largest absolute Gasteiger partial charge is 0.450 e. The van der Waals surface area contributed by atoms with Crippen LogP contribution >= 0.6 is 0 Å². The van der Waals surface area contributed by atoms with Gasteiger partial charge in [0.15, 0.2) is 5.43 Å². The van der Waals surface area contributed by atoms with Gasteiger partial charge in [0.05, 0.1) is 17.0 Å². The lowest BCUT2D eigenvalue weighted by atomic mass is 9.96. The number of hydrogen-bond donors (Lipinski definition) is 0. The van der Waals surface area contributed by atoms with E-state index in [1.165, 1.54) is 6.07 Å². The smallest absolute Gasteiger partial charge is 0.290 e. The Morgan fingerprint density at radius 3 is 2.61 bits per heavy atom. The highest BCUT2D eigenvalue weighted by Gasteiger charge is 2.43. The fourth-order valence-corrected chi connectivity index (χ4v) is 4.09. The van der Waals surface area contributed by atoms with Crippen molar-refractivity contribution in [1.82, 2.24) is 4.90 Å². The number of hydrogen-bond acceptors (Lipinski definition) is 3. The predicted molar refractivity (Wildman–Crippen MR) is 106 cm³/mol. The van der Waals surface area contributed by atoms with E-state index in [1.54, 1.807) is 29.2 Å². The Bertz CT molecular complexity index is 1150. The summed E-state index contributed by atoms with van der Waals surface area (Å²) in [5, 5.41) is 0.454. The molecule has 2 heterocycles. The van der Waals surface area contributed by atoms with Crippen molar-refractivity contribution in [3.8, 4) is 0 Å². The first-order chi connectivity index (χ1) is 13.4. The van der Waals surface area contributed by atoms with Crippen LogP contribution in [-0.2, 0) is 0 Å². The standard InChI is InChI=1S/C23H22FNO3/c1-4-5-10-25-20(15-8-6-7-9-16(15)24)19-21(26)18-14(3)11-13(2)12-17(18)28-22(19)23(25)27/h6-9,11-12,20H,4-5,10H2,1-3H3. The highest BCUT2D eigenvalue weighted by Crippen LogP contribution is 2.39. The molecule has 0 radical (unpaired) electrons. The number of unbranched alkanes of at least 4 members (excludes halogenated alkanes) is 1. The lowest BCUT2D eigenvalue weighted by molar-refractivity contribution is 0.0724. The molecule has 1 atom stereocenters. The Balaban J connectivity index is 2.03. The summed E-state index contributed by atoms with van der Waals surface area (Å²) >= 11 is 0. The Morgan fingerprint density at radius 1 is 1.14 bits per heavy atom. The molecule has 0 saturated heterocycles. The maximum absolute atomic E-state index is 14.7. The molecule has 0 saturated carbocycles. The molecule has 1 unspecified atom stereocenters. The molecule has 0 N–H and O–H groups in total. The second-order valence-corrected chi connectivity index (χ2v) is 7.41. The van der Waals surface area contributed by atoms with Crippen LogP contribution in [0.4, 0.5) is 4.39 Å². The van der Waals surface area contributed by atoms with E-state index in [0.717, 1.165) is 24.0 Å². The van der Waals surface area contributed by atoms with Gasteiger partial charge >= 0.3 is 0 Å². The Labute approximate surface area is 162 Å². The minimum atomic E-state index is -0.767. The van der Waals surface area contributed by atoms with Gasteiger partial charge in [-0.25, -0.2) is 4.39 Å². The van der Waals surface area contributed by atoms with Gasteiger partial charge in [0, 0.05) is 12.1 Å². The number of halogens is 1.